The molecule has 0 aliphatic heterocycles. The molecule has 18 heteroatoms. The van der Waals surface area contributed by atoms with E-state index in [1.54, 1.807) is 34.9 Å². The van der Waals surface area contributed by atoms with Crippen LogP contribution in [0.4, 0.5) is 14.4 Å². The van der Waals surface area contributed by atoms with Crippen LogP contribution in [0.5, 0.6) is 0 Å². The summed E-state index contributed by atoms with van der Waals surface area (Å²) in [6.45, 7) is 8.30. The maximum absolute atomic E-state index is 12.3. The molecule has 0 heterocycles. The Kier molecular flexibility index (Phi) is 15.0. The fourth-order valence-corrected chi connectivity index (χ4v) is 4.30. The van der Waals surface area contributed by atoms with Crippen LogP contribution in [-0.2, 0) is 49.5 Å². The minimum absolute atomic E-state index is 0.287. The number of hydrogen-bond donors (Lipinski definition) is 4. The van der Waals surface area contributed by atoms with E-state index in [1.807, 2.05) is 26.0 Å². The Bertz CT molecular complexity index is 1460. The predicted octanol–water partition coefficient (Wildman–Crippen LogP) is 2.48. The summed E-state index contributed by atoms with van der Waals surface area (Å²) in [5.74, 6) is -4.54. The van der Waals surface area contributed by atoms with Gasteiger partial charge in [0.05, 0.1) is 0 Å². The van der Waals surface area contributed by atoms with Crippen molar-refractivity contribution in [2.45, 2.75) is 75.7 Å². The molecule has 47 heavy (non-hydrogen) atoms. The highest BCUT2D eigenvalue weighted by molar-refractivity contribution is 7.98. The van der Waals surface area contributed by atoms with Gasteiger partial charge in [-0.05, 0) is 77.8 Å². The molecule has 2 aromatic rings. The summed E-state index contributed by atoms with van der Waals surface area (Å²) >= 11 is -1.01. The van der Waals surface area contributed by atoms with E-state index >= 15 is 0 Å². The van der Waals surface area contributed by atoms with Crippen molar-refractivity contribution in [1.29, 1.82) is 0 Å². The van der Waals surface area contributed by atoms with Crippen molar-refractivity contribution >= 4 is 65.3 Å². The van der Waals surface area contributed by atoms with Crippen molar-refractivity contribution in [1.82, 2.24) is 20.1 Å². The summed E-state index contributed by atoms with van der Waals surface area (Å²) in [5, 5.41) is 3.54. The number of rotatable bonds is 12. The Morgan fingerprint density at radius 1 is 0.638 bits per heavy atom. The third kappa shape index (κ3) is 13.6. The smallest absolute Gasteiger partial charge is 0.450 e. The van der Waals surface area contributed by atoms with Crippen LogP contribution in [0.15, 0.2) is 58.3 Å². The molecule has 0 fully saturated rings. The number of amides is 6. The zero-order valence-electron chi connectivity index (χ0n) is 26.1. The summed E-state index contributed by atoms with van der Waals surface area (Å²) in [6, 6.07) is 12.3. The minimum atomic E-state index is -1.96. The summed E-state index contributed by atoms with van der Waals surface area (Å²) in [5.41, 5.74) is 1.94. The number of carbonyl (C=O) groups excluding carboxylic acids is 7. The Labute approximate surface area is 277 Å². The summed E-state index contributed by atoms with van der Waals surface area (Å²) in [6.07, 6.45) is -8.21. The lowest BCUT2D eigenvalue weighted by Crippen LogP contribution is -2.50. The SMILES string of the molecule is Cc1ccc(SNC(=O)OC(C)C(=O)OC(C)C(=O)NC(=O)NC(=O)C(C)OC(=O)C(C)OC(=O)N[S+]([O-])c2ccc(C)cc2)cc1. The van der Waals surface area contributed by atoms with Crippen LogP contribution in [0.25, 0.3) is 0 Å². The van der Waals surface area contributed by atoms with Crippen molar-refractivity contribution in [3.63, 3.8) is 0 Å². The van der Waals surface area contributed by atoms with Gasteiger partial charge in [-0.2, -0.15) is 0 Å². The molecular formula is C29H34N4O12S2. The van der Waals surface area contributed by atoms with Gasteiger partial charge < -0.3 is 23.5 Å². The molecule has 0 saturated carbocycles. The fourth-order valence-electron chi connectivity index (χ4n) is 3.07. The standard InChI is InChI=1S/C29H34N4O12S2/c1-15-7-11-21(12-8-15)46-32-28(39)44-19(5)25(36)42-17(3)23(34)30-27(38)31-24(35)18(4)43-26(37)20(6)45-29(40)33-47(41)22-13-9-16(2)10-14-22/h7-14,17-20H,1-6H3,(H,32,39)(H,33,40)(H2,30,31,34,35,38). The molecule has 2 rings (SSSR count). The molecule has 0 aromatic heterocycles. The number of imide groups is 2. The highest BCUT2D eigenvalue weighted by Crippen LogP contribution is 2.15. The third-order valence-corrected chi connectivity index (χ3v) is 7.54. The summed E-state index contributed by atoms with van der Waals surface area (Å²) in [4.78, 5) is 86.2. The number of hydrogen-bond acceptors (Lipinski definition) is 13. The number of carbonyl (C=O) groups is 7. The second-order valence-corrected chi connectivity index (χ2v) is 11.9. The van der Waals surface area contributed by atoms with Crippen molar-refractivity contribution in [2.75, 3.05) is 0 Å². The first-order valence-electron chi connectivity index (χ1n) is 13.8. The molecule has 0 spiro atoms. The molecular weight excluding hydrogens is 660 g/mol. The molecule has 4 N–H and O–H groups in total. The van der Waals surface area contributed by atoms with E-state index in [0.717, 1.165) is 48.7 Å². The number of esters is 2. The van der Waals surface area contributed by atoms with E-state index in [1.165, 1.54) is 19.1 Å². The number of nitrogens with one attached hydrogen (secondary N) is 4. The molecule has 6 amide bonds. The molecule has 0 saturated heterocycles. The zero-order valence-corrected chi connectivity index (χ0v) is 27.8. The molecule has 5 unspecified atom stereocenters. The average Bonchev–Trinajstić information content (AvgIpc) is 3.00. The largest absolute Gasteiger partial charge is 0.588 e. The van der Waals surface area contributed by atoms with E-state index in [-0.39, 0.29) is 4.90 Å². The molecule has 0 aliphatic rings. The van der Waals surface area contributed by atoms with Gasteiger partial charge >= 0.3 is 30.2 Å². The first-order chi connectivity index (χ1) is 22.0. The highest BCUT2D eigenvalue weighted by atomic mass is 32.2. The number of ether oxygens (including phenoxy) is 4. The van der Waals surface area contributed by atoms with Gasteiger partial charge in [-0.15, -0.1) is 4.72 Å². The van der Waals surface area contributed by atoms with E-state index in [0.29, 0.717) is 0 Å². The second-order valence-electron chi connectivity index (χ2n) is 9.76. The fraction of sp³-hybridized carbons (Fsp3) is 0.345. The first kappa shape index (κ1) is 38.4. The Balaban J connectivity index is 1.72. The number of urea groups is 1. The van der Waals surface area contributed by atoms with Gasteiger partial charge in [0.2, 0.25) is 0 Å². The molecule has 0 aliphatic carbocycles. The van der Waals surface area contributed by atoms with Gasteiger partial charge in [-0.1, -0.05) is 35.4 Å². The molecule has 0 radical (unpaired) electrons. The quantitative estimate of drug-likeness (QED) is 0.108. The molecule has 5 atom stereocenters. The van der Waals surface area contributed by atoms with Gasteiger partial charge in [-0.3, -0.25) is 24.9 Å². The van der Waals surface area contributed by atoms with Crippen molar-refractivity contribution in [3.8, 4) is 0 Å². The summed E-state index contributed by atoms with van der Waals surface area (Å²) < 4.78 is 36.2. The molecule has 0 bridgehead atoms. The van der Waals surface area contributed by atoms with Gasteiger partial charge in [0, 0.05) is 4.90 Å². The van der Waals surface area contributed by atoms with E-state index < -0.39 is 77.7 Å². The lowest BCUT2D eigenvalue weighted by atomic mass is 10.2. The highest BCUT2D eigenvalue weighted by Gasteiger charge is 2.29. The lowest BCUT2D eigenvalue weighted by Gasteiger charge is -2.18. The van der Waals surface area contributed by atoms with Crippen LogP contribution in [0, 0.1) is 13.8 Å². The van der Waals surface area contributed by atoms with Crippen molar-refractivity contribution < 1.29 is 57.1 Å². The predicted molar refractivity (Wildman–Crippen MR) is 166 cm³/mol. The first-order valence-corrected chi connectivity index (χ1v) is 15.7. The molecule has 254 valence electrons. The van der Waals surface area contributed by atoms with E-state index in [4.69, 9.17) is 18.9 Å². The van der Waals surface area contributed by atoms with Crippen LogP contribution in [0.3, 0.4) is 0 Å². The number of benzene rings is 2. The van der Waals surface area contributed by atoms with Gasteiger partial charge in [-0.25, -0.2) is 24.0 Å². The average molecular weight is 695 g/mol. The Hall–Kier alpha value is -4.81. The Morgan fingerprint density at radius 2 is 1.06 bits per heavy atom. The van der Waals surface area contributed by atoms with Gasteiger partial charge in [0.25, 0.3) is 11.8 Å². The minimum Gasteiger partial charge on any atom is -0.588 e. The van der Waals surface area contributed by atoms with Crippen LogP contribution >= 0.6 is 11.9 Å². The molecule has 16 nitrogen and oxygen atoms in total. The zero-order chi connectivity index (χ0) is 35.3. The van der Waals surface area contributed by atoms with E-state index in [2.05, 4.69) is 9.44 Å². The molecule has 2 aromatic carbocycles. The van der Waals surface area contributed by atoms with Crippen molar-refractivity contribution in [2.24, 2.45) is 0 Å². The lowest BCUT2D eigenvalue weighted by molar-refractivity contribution is -0.162. The van der Waals surface area contributed by atoms with Crippen LogP contribution in [-0.4, -0.2) is 70.9 Å². The summed E-state index contributed by atoms with van der Waals surface area (Å²) in [7, 11) is 0. The second kappa shape index (κ2) is 18.4. The third-order valence-electron chi connectivity index (χ3n) is 5.71. The van der Waals surface area contributed by atoms with E-state index in [9.17, 15) is 38.1 Å². The monoisotopic (exact) mass is 694 g/mol. The maximum Gasteiger partial charge on any atom is 0.450 e. The number of aryl methyl sites for hydroxylation is 2. The van der Waals surface area contributed by atoms with Gasteiger partial charge in [0.15, 0.2) is 29.3 Å². The van der Waals surface area contributed by atoms with Crippen LogP contribution < -0.4 is 20.1 Å². The normalized spacial score (nSPS) is 13.7. The topological polar surface area (TPSA) is 228 Å². The maximum atomic E-state index is 12.3. The van der Waals surface area contributed by atoms with Crippen molar-refractivity contribution in [3.05, 3.63) is 59.7 Å². The van der Waals surface area contributed by atoms with Crippen LogP contribution in [0.1, 0.15) is 38.8 Å². The van der Waals surface area contributed by atoms with Crippen LogP contribution in [0.2, 0.25) is 0 Å². The van der Waals surface area contributed by atoms with Gasteiger partial charge in [0.1, 0.15) is 11.4 Å². The Morgan fingerprint density at radius 3 is 1.53 bits per heavy atom.